The summed E-state index contributed by atoms with van der Waals surface area (Å²) in [7, 11) is 3.49. The van der Waals surface area contributed by atoms with Crippen molar-refractivity contribution in [2.45, 2.75) is 6.54 Å². The Bertz CT molecular complexity index is 641. The molecule has 3 nitrogen and oxygen atoms in total. The molecule has 0 bridgehead atoms. The molecule has 2 aromatic carbocycles. The Morgan fingerprint density at radius 1 is 1.19 bits per heavy atom. The summed E-state index contributed by atoms with van der Waals surface area (Å²) >= 11 is 9.41. The van der Waals surface area contributed by atoms with Crippen molar-refractivity contribution >= 4 is 39.1 Å². The molecule has 0 saturated heterocycles. The van der Waals surface area contributed by atoms with Crippen LogP contribution in [-0.2, 0) is 6.54 Å². The third kappa shape index (κ3) is 4.22. The van der Waals surface area contributed by atoms with Gasteiger partial charge in [0.15, 0.2) is 0 Å². The lowest BCUT2D eigenvalue weighted by atomic mass is 10.1. The van der Waals surface area contributed by atoms with Crippen molar-refractivity contribution in [3.8, 4) is 0 Å². The molecule has 0 unspecified atom stereocenters. The number of carbonyl (C=O) groups excluding carboxylic acids is 1. The van der Waals surface area contributed by atoms with Crippen molar-refractivity contribution in [2.24, 2.45) is 0 Å². The summed E-state index contributed by atoms with van der Waals surface area (Å²) in [5, 5.41) is 4.02. The zero-order chi connectivity index (χ0) is 15.4. The van der Waals surface area contributed by atoms with Crippen LogP contribution in [0.15, 0.2) is 46.9 Å². The van der Waals surface area contributed by atoms with Crippen LogP contribution in [-0.4, -0.2) is 24.9 Å². The van der Waals surface area contributed by atoms with E-state index in [0.29, 0.717) is 17.1 Å². The number of benzene rings is 2. The normalized spacial score (nSPS) is 10.3. The van der Waals surface area contributed by atoms with Gasteiger partial charge in [-0.05, 0) is 42.0 Å². The van der Waals surface area contributed by atoms with E-state index in [4.69, 9.17) is 11.6 Å². The summed E-state index contributed by atoms with van der Waals surface area (Å²) in [6.45, 7) is 0.679. The molecule has 0 radical (unpaired) electrons. The summed E-state index contributed by atoms with van der Waals surface area (Å²) in [4.78, 5) is 13.4. The Hall–Kier alpha value is -1.52. The zero-order valence-corrected chi connectivity index (χ0v) is 14.2. The van der Waals surface area contributed by atoms with Gasteiger partial charge >= 0.3 is 0 Å². The summed E-state index contributed by atoms with van der Waals surface area (Å²) < 4.78 is 0.974. The monoisotopic (exact) mass is 366 g/mol. The summed E-state index contributed by atoms with van der Waals surface area (Å²) in [6.07, 6.45) is 0. The summed E-state index contributed by atoms with van der Waals surface area (Å²) in [5.41, 5.74) is 2.76. The molecule has 21 heavy (non-hydrogen) atoms. The predicted octanol–water partition coefficient (Wildman–Crippen LogP) is 4.42. The van der Waals surface area contributed by atoms with Crippen LogP contribution < -0.4 is 5.32 Å². The number of carbonyl (C=O) groups is 1. The number of nitrogens with one attached hydrogen (secondary N) is 1. The molecular weight excluding hydrogens is 352 g/mol. The van der Waals surface area contributed by atoms with Gasteiger partial charge in [0.05, 0.1) is 0 Å². The third-order valence-electron chi connectivity index (χ3n) is 3.04. The molecule has 0 fully saturated rings. The number of anilines is 1. The van der Waals surface area contributed by atoms with Crippen LogP contribution >= 0.6 is 27.5 Å². The quantitative estimate of drug-likeness (QED) is 0.868. The fourth-order valence-electron chi connectivity index (χ4n) is 1.85. The third-order valence-corrected chi connectivity index (χ3v) is 4.01. The number of halogens is 2. The van der Waals surface area contributed by atoms with E-state index in [-0.39, 0.29) is 5.91 Å². The van der Waals surface area contributed by atoms with Crippen LogP contribution in [0.25, 0.3) is 0 Å². The van der Waals surface area contributed by atoms with Crippen LogP contribution in [0.2, 0.25) is 5.02 Å². The van der Waals surface area contributed by atoms with Gasteiger partial charge < -0.3 is 10.2 Å². The first-order chi connectivity index (χ1) is 9.97. The lowest BCUT2D eigenvalue weighted by molar-refractivity contribution is 0.0827. The maximum absolute atomic E-state index is 11.8. The van der Waals surface area contributed by atoms with E-state index < -0.39 is 0 Å². The molecule has 0 aliphatic heterocycles. The molecule has 0 aromatic heterocycles. The van der Waals surface area contributed by atoms with Crippen molar-refractivity contribution < 1.29 is 4.79 Å². The summed E-state index contributed by atoms with van der Waals surface area (Å²) in [6, 6.07) is 13.2. The molecule has 110 valence electrons. The molecule has 1 amide bonds. The van der Waals surface area contributed by atoms with E-state index in [0.717, 1.165) is 15.7 Å². The van der Waals surface area contributed by atoms with Gasteiger partial charge in [0, 0.05) is 41.4 Å². The van der Waals surface area contributed by atoms with Gasteiger partial charge in [-0.3, -0.25) is 4.79 Å². The van der Waals surface area contributed by atoms with E-state index in [1.165, 1.54) is 0 Å². The Morgan fingerprint density at radius 2 is 1.86 bits per heavy atom. The van der Waals surface area contributed by atoms with E-state index >= 15 is 0 Å². The molecular formula is C16H16BrClN2O. The molecule has 1 N–H and O–H groups in total. The molecule has 0 heterocycles. The van der Waals surface area contributed by atoms with Gasteiger partial charge in [0.2, 0.25) is 0 Å². The smallest absolute Gasteiger partial charge is 0.253 e. The van der Waals surface area contributed by atoms with E-state index in [1.54, 1.807) is 19.0 Å². The Kier molecular flexibility index (Phi) is 5.26. The molecule has 5 heteroatoms. The standard InChI is InChI=1S/C16H16BrClN2O/c1-20(2)16(21)11-4-7-14(8-5-11)19-10-12-3-6-13(18)9-15(12)17/h3-9,19H,10H2,1-2H3. The zero-order valence-electron chi connectivity index (χ0n) is 11.9. The lowest BCUT2D eigenvalue weighted by Gasteiger charge is -2.12. The minimum absolute atomic E-state index is 0.00185. The van der Waals surface area contributed by atoms with Crippen molar-refractivity contribution in [3.05, 3.63) is 63.1 Å². The fourth-order valence-corrected chi connectivity index (χ4v) is 2.67. The van der Waals surface area contributed by atoms with Crippen LogP contribution in [0.3, 0.4) is 0 Å². The summed E-state index contributed by atoms with van der Waals surface area (Å²) in [5.74, 6) is 0.00185. The van der Waals surface area contributed by atoms with Crippen LogP contribution in [0.1, 0.15) is 15.9 Å². The number of amides is 1. The van der Waals surface area contributed by atoms with Gasteiger partial charge in [0.1, 0.15) is 0 Å². The second kappa shape index (κ2) is 6.96. The first-order valence-electron chi connectivity index (χ1n) is 6.47. The van der Waals surface area contributed by atoms with Gasteiger partial charge in [-0.15, -0.1) is 0 Å². The Labute approximate surface area is 138 Å². The topological polar surface area (TPSA) is 32.3 Å². The largest absolute Gasteiger partial charge is 0.381 e. The molecule has 2 rings (SSSR count). The molecule has 0 spiro atoms. The highest BCUT2D eigenvalue weighted by Gasteiger charge is 2.07. The van der Waals surface area contributed by atoms with Gasteiger partial charge in [0.25, 0.3) is 5.91 Å². The maximum Gasteiger partial charge on any atom is 0.253 e. The Balaban J connectivity index is 2.02. The van der Waals surface area contributed by atoms with Crippen LogP contribution in [0.4, 0.5) is 5.69 Å². The number of hydrogen-bond acceptors (Lipinski definition) is 2. The number of nitrogens with zero attached hydrogens (tertiary/aromatic N) is 1. The molecule has 0 saturated carbocycles. The van der Waals surface area contributed by atoms with Gasteiger partial charge in [-0.1, -0.05) is 33.6 Å². The van der Waals surface area contributed by atoms with Gasteiger partial charge in [-0.25, -0.2) is 0 Å². The minimum atomic E-state index is 0.00185. The van der Waals surface area contributed by atoms with Crippen LogP contribution in [0, 0.1) is 0 Å². The number of hydrogen-bond donors (Lipinski definition) is 1. The predicted molar refractivity (Wildman–Crippen MR) is 90.9 cm³/mol. The first kappa shape index (κ1) is 15.9. The average Bonchev–Trinajstić information content (AvgIpc) is 2.46. The second-order valence-corrected chi connectivity index (χ2v) is 6.16. The number of rotatable bonds is 4. The fraction of sp³-hybridized carbons (Fsp3) is 0.188. The highest BCUT2D eigenvalue weighted by molar-refractivity contribution is 9.10. The molecule has 0 aliphatic rings. The molecule has 2 aromatic rings. The molecule has 0 aliphatic carbocycles. The average molecular weight is 368 g/mol. The second-order valence-electron chi connectivity index (χ2n) is 4.87. The Morgan fingerprint density at radius 3 is 2.43 bits per heavy atom. The lowest BCUT2D eigenvalue weighted by Crippen LogP contribution is -2.21. The first-order valence-corrected chi connectivity index (χ1v) is 7.64. The highest BCUT2D eigenvalue weighted by Crippen LogP contribution is 2.22. The molecule has 0 atom stereocenters. The van der Waals surface area contributed by atoms with Crippen LogP contribution in [0.5, 0.6) is 0 Å². The van der Waals surface area contributed by atoms with Crippen molar-refractivity contribution in [1.29, 1.82) is 0 Å². The maximum atomic E-state index is 11.8. The highest BCUT2D eigenvalue weighted by atomic mass is 79.9. The van der Waals surface area contributed by atoms with Crippen molar-refractivity contribution in [1.82, 2.24) is 4.90 Å². The minimum Gasteiger partial charge on any atom is -0.381 e. The van der Waals surface area contributed by atoms with E-state index in [2.05, 4.69) is 21.2 Å². The van der Waals surface area contributed by atoms with Crippen molar-refractivity contribution in [2.75, 3.05) is 19.4 Å². The van der Waals surface area contributed by atoms with E-state index in [9.17, 15) is 4.79 Å². The van der Waals surface area contributed by atoms with E-state index in [1.807, 2.05) is 42.5 Å². The van der Waals surface area contributed by atoms with Crippen molar-refractivity contribution in [3.63, 3.8) is 0 Å². The SMILES string of the molecule is CN(C)C(=O)c1ccc(NCc2ccc(Cl)cc2Br)cc1. The van der Waals surface area contributed by atoms with Gasteiger partial charge in [-0.2, -0.15) is 0 Å².